The molecular weight excluding hydrogens is 452 g/mol. The van der Waals surface area contributed by atoms with E-state index in [4.69, 9.17) is 21.7 Å². The van der Waals surface area contributed by atoms with Crippen molar-refractivity contribution >= 4 is 46.0 Å². The van der Waals surface area contributed by atoms with Crippen LogP contribution in [0, 0.1) is 0 Å². The first-order valence-corrected chi connectivity index (χ1v) is 11.6. The number of carbonyl (C=O) groups excluding carboxylic acids is 1. The molecule has 0 aromatic heterocycles. The molecule has 3 aromatic rings. The molecule has 7 heteroatoms. The van der Waals surface area contributed by atoms with Crippen LogP contribution in [0.3, 0.4) is 0 Å². The Kier molecular flexibility index (Phi) is 7.01. The Morgan fingerprint density at radius 2 is 1.70 bits per heavy atom. The van der Waals surface area contributed by atoms with E-state index >= 15 is 0 Å². The number of thioether (sulfide) groups is 1. The number of nitrogens with one attached hydrogen (secondary N) is 1. The number of amides is 1. The van der Waals surface area contributed by atoms with E-state index < -0.39 is 0 Å². The van der Waals surface area contributed by atoms with E-state index in [0.717, 1.165) is 33.7 Å². The maximum Gasteiger partial charge on any atom is 0.263 e. The normalized spacial score (nSPS) is 14.3. The van der Waals surface area contributed by atoms with Crippen LogP contribution in [0.2, 0.25) is 0 Å². The van der Waals surface area contributed by atoms with Crippen molar-refractivity contribution in [3.8, 4) is 22.6 Å². The van der Waals surface area contributed by atoms with Gasteiger partial charge in [-0.15, -0.1) is 0 Å². The van der Waals surface area contributed by atoms with Gasteiger partial charge in [-0.1, -0.05) is 54.3 Å². The lowest BCUT2D eigenvalue weighted by Gasteiger charge is -2.14. The topological polar surface area (TPSA) is 50.8 Å². The molecule has 0 unspecified atom stereocenters. The number of rotatable bonds is 7. The molecule has 0 bridgehead atoms. The third-order valence-electron chi connectivity index (χ3n) is 5.21. The van der Waals surface area contributed by atoms with Crippen molar-refractivity contribution < 1.29 is 14.3 Å². The first kappa shape index (κ1) is 22.9. The molecule has 33 heavy (non-hydrogen) atoms. The van der Waals surface area contributed by atoms with Gasteiger partial charge in [-0.2, -0.15) is 0 Å². The van der Waals surface area contributed by atoms with Gasteiger partial charge in [-0.3, -0.25) is 4.79 Å². The number of nitrogens with zero attached hydrogens (tertiary/aromatic N) is 1. The van der Waals surface area contributed by atoms with Crippen LogP contribution < -0.4 is 19.7 Å². The van der Waals surface area contributed by atoms with Gasteiger partial charge in [-0.05, 0) is 59.2 Å². The molecule has 1 aliphatic rings. The van der Waals surface area contributed by atoms with Crippen molar-refractivity contribution in [3.05, 3.63) is 82.8 Å². The Morgan fingerprint density at radius 3 is 2.30 bits per heavy atom. The number of thiocarbonyl (C=S) groups is 1. The molecule has 168 valence electrons. The van der Waals surface area contributed by atoms with E-state index in [1.54, 1.807) is 7.11 Å². The minimum Gasteiger partial charge on any atom is -0.497 e. The lowest BCUT2D eigenvalue weighted by molar-refractivity contribution is -0.115. The van der Waals surface area contributed by atoms with Crippen LogP contribution in [0.5, 0.6) is 11.5 Å². The third-order valence-corrected chi connectivity index (χ3v) is 6.37. The summed E-state index contributed by atoms with van der Waals surface area (Å²) >= 11 is 6.40. The van der Waals surface area contributed by atoms with E-state index in [9.17, 15) is 4.79 Å². The van der Waals surface area contributed by atoms with Crippen LogP contribution in [0.1, 0.15) is 11.1 Å². The van der Waals surface area contributed by atoms with E-state index in [1.165, 1.54) is 11.8 Å². The molecule has 5 nitrogen and oxygen atoms in total. The molecular formula is C26H24N2O3S2. The number of hydrogen-bond donors (Lipinski definition) is 1. The molecule has 1 saturated heterocycles. The van der Waals surface area contributed by atoms with Gasteiger partial charge in [0, 0.05) is 25.3 Å². The maximum absolute atomic E-state index is 12.3. The quantitative estimate of drug-likeness (QED) is 0.359. The van der Waals surface area contributed by atoms with Crippen molar-refractivity contribution in [2.75, 3.05) is 26.1 Å². The molecule has 0 aliphatic carbocycles. The van der Waals surface area contributed by atoms with Crippen molar-refractivity contribution in [2.24, 2.45) is 0 Å². The van der Waals surface area contributed by atoms with Gasteiger partial charge in [0.1, 0.15) is 22.4 Å². The van der Waals surface area contributed by atoms with Crippen LogP contribution in [0.25, 0.3) is 17.2 Å². The van der Waals surface area contributed by atoms with Gasteiger partial charge in [0.15, 0.2) is 0 Å². The van der Waals surface area contributed by atoms with E-state index in [2.05, 4.69) is 34.5 Å². The number of methoxy groups -OCH3 is 1. The highest BCUT2D eigenvalue weighted by Gasteiger charge is 2.22. The molecule has 1 aliphatic heterocycles. The predicted molar refractivity (Wildman–Crippen MR) is 140 cm³/mol. The van der Waals surface area contributed by atoms with Gasteiger partial charge >= 0.3 is 0 Å². The third kappa shape index (κ3) is 5.56. The van der Waals surface area contributed by atoms with Crippen LogP contribution >= 0.6 is 24.0 Å². The zero-order chi connectivity index (χ0) is 23.4. The number of anilines is 1. The second-order valence-corrected chi connectivity index (χ2v) is 9.40. The summed E-state index contributed by atoms with van der Waals surface area (Å²) in [6.45, 7) is 0.398. The van der Waals surface area contributed by atoms with Gasteiger partial charge in [0.25, 0.3) is 5.91 Å². The Labute approximate surface area is 203 Å². The van der Waals surface area contributed by atoms with Gasteiger partial charge in [0.05, 0.1) is 12.0 Å². The number of carbonyl (C=O) groups is 1. The molecule has 3 aromatic carbocycles. The zero-order valence-corrected chi connectivity index (χ0v) is 20.3. The standard InChI is InChI=1S/C26H24N2O3S2/c1-28(2)21-9-6-18(7-10-21)19-8-13-23(31-16-17-4-11-22(30-3)12-5-17)20(14-19)15-24-25(29)27-26(32)33-24/h4-15H,16H2,1-3H3,(H,27,29,32)/b24-15-. The van der Waals surface area contributed by atoms with Gasteiger partial charge in [0.2, 0.25) is 0 Å². The summed E-state index contributed by atoms with van der Waals surface area (Å²) in [4.78, 5) is 14.9. The minimum atomic E-state index is -0.188. The van der Waals surface area contributed by atoms with Crippen molar-refractivity contribution in [2.45, 2.75) is 6.61 Å². The Bertz CT molecular complexity index is 1200. The maximum atomic E-state index is 12.3. The molecule has 1 amide bonds. The van der Waals surface area contributed by atoms with E-state index in [1.807, 2.05) is 62.6 Å². The average Bonchev–Trinajstić information content (AvgIpc) is 3.14. The van der Waals surface area contributed by atoms with Gasteiger partial charge in [-0.25, -0.2) is 0 Å². The first-order valence-electron chi connectivity index (χ1n) is 10.4. The van der Waals surface area contributed by atoms with Crippen LogP contribution in [-0.2, 0) is 11.4 Å². The average molecular weight is 477 g/mol. The second-order valence-electron chi connectivity index (χ2n) is 7.68. The molecule has 0 atom stereocenters. The summed E-state index contributed by atoms with van der Waals surface area (Å²) in [6.07, 6.45) is 1.83. The molecule has 0 radical (unpaired) electrons. The molecule has 1 heterocycles. The SMILES string of the molecule is COc1ccc(COc2ccc(-c3ccc(N(C)C)cc3)cc2/C=C2\SC(=S)NC2=O)cc1. The Morgan fingerprint density at radius 1 is 1.00 bits per heavy atom. The Hall–Kier alpha value is -3.29. The molecule has 0 saturated carbocycles. The van der Waals surface area contributed by atoms with Crippen LogP contribution in [0.15, 0.2) is 71.6 Å². The highest BCUT2D eigenvalue weighted by molar-refractivity contribution is 8.26. The Balaban J connectivity index is 1.65. The fraction of sp³-hybridized carbons (Fsp3) is 0.154. The summed E-state index contributed by atoms with van der Waals surface area (Å²) in [5.74, 6) is 1.30. The highest BCUT2D eigenvalue weighted by atomic mass is 32.2. The molecule has 0 spiro atoms. The van der Waals surface area contributed by atoms with Crippen LogP contribution in [0.4, 0.5) is 5.69 Å². The minimum absolute atomic E-state index is 0.188. The summed E-state index contributed by atoms with van der Waals surface area (Å²) in [5.41, 5.74) is 5.09. The van der Waals surface area contributed by atoms with Crippen molar-refractivity contribution in [1.29, 1.82) is 0 Å². The van der Waals surface area contributed by atoms with Crippen molar-refractivity contribution in [3.63, 3.8) is 0 Å². The van der Waals surface area contributed by atoms with Crippen LogP contribution in [-0.4, -0.2) is 31.4 Å². The van der Waals surface area contributed by atoms with E-state index in [-0.39, 0.29) is 5.91 Å². The predicted octanol–water partition coefficient (Wildman–Crippen LogP) is 5.50. The summed E-state index contributed by atoms with van der Waals surface area (Å²) in [6, 6.07) is 22.1. The molecule has 1 fully saturated rings. The monoisotopic (exact) mass is 476 g/mol. The lowest BCUT2D eigenvalue weighted by Crippen LogP contribution is -2.17. The fourth-order valence-electron chi connectivity index (χ4n) is 3.37. The summed E-state index contributed by atoms with van der Waals surface area (Å²) in [5, 5.41) is 2.67. The van der Waals surface area contributed by atoms with Crippen molar-refractivity contribution in [1.82, 2.24) is 5.32 Å². The fourth-order valence-corrected chi connectivity index (χ4v) is 4.40. The zero-order valence-electron chi connectivity index (χ0n) is 18.6. The summed E-state index contributed by atoms with van der Waals surface area (Å²) in [7, 11) is 5.68. The van der Waals surface area contributed by atoms with E-state index in [0.29, 0.717) is 21.6 Å². The summed E-state index contributed by atoms with van der Waals surface area (Å²) < 4.78 is 11.8. The first-order chi connectivity index (χ1) is 15.9. The number of benzene rings is 3. The largest absolute Gasteiger partial charge is 0.497 e. The highest BCUT2D eigenvalue weighted by Crippen LogP contribution is 2.33. The number of ether oxygens (including phenoxy) is 2. The van der Waals surface area contributed by atoms with Gasteiger partial charge < -0.3 is 19.7 Å². The number of hydrogen-bond acceptors (Lipinski definition) is 6. The second kappa shape index (κ2) is 10.1. The lowest BCUT2D eigenvalue weighted by atomic mass is 10.0. The molecule has 1 N–H and O–H groups in total. The smallest absolute Gasteiger partial charge is 0.263 e. The molecule has 4 rings (SSSR count).